The quantitative estimate of drug-likeness (QED) is 0.308. The van der Waals surface area contributed by atoms with Crippen LogP contribution in [0.2, 0.25) is 0 Å². The van der Waals surface area contributed by atoms with E-state index in [0.717, 1.165) is 18.2 Å². The van der Waals surface area contributed by atoms with E-state index < -0.39 is 0 Å². The minimum atomic E-state index is -0.248. The molecule has 11 heavy (non-hydrogen) atoms. The van der Waals surface area contributed by atoms with E-state index >= 15 is 0 Å². The molecule has 0 aromatic carbocycles. The normalized spacial score (nSPS) is 10.4. The van der Waals surface area contributed by atoms with E-state index in [2.05, 4.69) is 20.7 Å². The van der Waals surface area contributed by atoms with Gasteiger partial charge in [-0.05, 0) is 19.8 Å². The van der Waals surface area contributed by atoms with Gasteiger partial charge in [0.15, 0.2) is 0 Å². The molecule has 0 amide bonds. The highest BCUT2D eigenvalue weighted by atomic mass is 79.9. The summed E-state index contributed by atoms with van der Waals surface area (Å²) >= 11 is 3.30. The molecular formula is C8H13BrO2. The lowest BCUT2D eigenvalue weighted by molar-refractivity contribution is -0.137. The van der Waals surface area contributed by atoms with Gasteiger partial charge >= 0.3 is 5.97 Å². The van der Waals surface area contributed by atoms with Crippen molar-refractivity contribution in [3.63, 3.8) is 0 Å². The second-order valence-electron chi connectivity index (χ2n) is 1.99. The molecule has 0 saturated heterocycles. The summed E-state index contributed by atoms with van der Waals surface area (Å²) in [4.78, 5) is 10.7. The van der Waals surface area contributed by atoms with Crippen LogP contribution in [0.25, 0.3) is 0 Å². The smallest absolute Gasteiger partial charge is 0.330 e. The molecule has 0 aliphatic heterocycles. The van der Waals surface area contributed by atoms with Gasteiger partial charge in [0.1, 0.15) is 0 Å². The Hall–Kier alpha value is -0.310. The van der Waals surface area contributed by atoms with Gasteiger partial charge in [0, 0.05) is 11.4 Å². The van der Waals surface area contributed by atoms with Crippen molar-refractivity contribution >= 4 is 21.9 Å². The van der Waals surface area contributed by atoms with Gasteiger partial charge in [-0.1, -0.05) is 22.0 Å². The molecule has 0 radical (unpaired) electrons. The third kappa shape index (κ3) is 7.59. The minimum absolute atomic E-state index is 0.248. The van der Waals surface area contributed by atoms with Crippen LogP contribution >= 0.6 is 15.9 Å². The Balaban J connectivity index is 3.32. The third-order valence-corrected chi connectivity index (χ3v) is 1.61. The lowest BCUT2D eigenvalue weighted by Crippen LogP contribution is -1.98. The molecule has 64 valence electrons. The first-order valence-electron chi connectivity index (χ1n) is 3.70. The summed E-state index contributed by atoms with van der Waals surface area (Å²) in [5.41, 5.74) is 0. The van der Waals surface area contributed by atoms with Gasteiger partial charge < -0.3 is 4.74 Å². The summed E-state index contributed by atoms with van der Waals surface area (Å²) < 4.78 is 4.68. The monoisotopic (exact) mass is 220 g/mol. The third-order valence-electron chi connectivity index (χ3n) is 1.04. The highest BCUT2D eigenvalue weighted by Crippen LogP contribution is 1.95. The number of rotatable bonds is 5. The minimum Gasteiger partial charge on any atom is -0.463 e. The Labute approximate surface area is 75.7 Å². The summed E-state index contributed by atoms with van der Waals surface area (Å²) in [7, 11) is 0. The largest absolute Gasteiger partial charge is 0.463 e. The standard InChI is InChI=1S/C8H13BrO2/c1-2-11-8(10)6-4-3-5-7-9/h4,6H,2-3,5,7H2,1H3/b6-4+. The fraction of sp³-hybridized carbons (Fsp3) is 0.625. The van der Waals surface area contributed by atoms with Gasteiger partial charge in [0.25, 0.3) is 0 Å². The fourth-order valence-corrected chi connectivity index (χ4v) is 0.889. The number of unbranched alkanes of at least 4 members (excludes halogenated alkanes) is 1. The Morgan fingerprint density at radius 2 is 2.36 bits per heavy atom. The molecular weight excluding hydrogens is 208 g/mol. The molecule has 0 fully saturated rings. The molecule has 0 aliphatic carbocycles. The van der Waals surface area contributed by atoms with Crippen molar-refractivity contribution in [2.24, 2.45) is 0 Å². The highest BCUT2D eigenvalue weighted by molar-refractivity contribution is 9.09. The van der Waals surface area contributed by atoms with E-state index in [0.29, 0.717) is 6.61 Å². The number of halogens is 1. The fourth-order valence-electron chi connectivity index (χ4n) is 0.565. The van der Waals surface area contributed by atoms with E-state index in [1.807, 2.05) is 6.08 Å². The summed E-state index contributed by atoms with van der Waals surface area (Å²) in [6, 6.07) is 0. The van der Waals surface area contributed by atoms with Gasteiger partial charge in [0.2, 0.25) is 0 Å². The Morgan fingerprint density at radius 1 is 1.64 bits per heavy atom. The van der Waals surface area contributed by atoms with Crippen LogP contribution in [0.4, 0.5) is 0 Å². The van der Waals surface area contributed by atoms with Gasteiger partial charge in [-0.25, -0.2) is 4.79 Å². The van der Waals surface area contributed by atoms with Crippen LogP contribution in [-0.4, -0.2) is 17.9 Å². The van der Waals surface area contributed by atoms with Crippen LogP contribution in [0.5, 0.6) is 0 Å². The Kier molecular flexibility index (Phi) is 7.57. The molecule has 0 heterocycles. The first kappa shape index (κ1) is 10.7. The summed E-state index contributed by atoms with van der Waals surface area (Å²) in [6.07, 6.45) is 5.28. The van der Waals surface area contributed by atoms with Crippen molar-refractivity contribution in [1.29, 1.82) is 0 Å². The average Bonchev–Trinajstić information content (AvgIpc) is 1.99. The maximum absolute atomic E-state index is 10.7. The molecule has 0 bridgehead atoms. The zero-order valence-corrected chi connectivity index (χ0v) is 8.26. The molecule has 3 heteroatoms. The predicted octanol–water partition coefficient (Wildman–Crippen LogP) is 2.28. The van der Waals surface area contributed by atoms with E-state index in [1.165, 1.54) is 6.08 Å². The number of hydrogen-bond acceptors (Lipinski definition) is 2. The lowest BCUT2D eigenvalue weighted by atomic mass is 10.3. The zero-order valence-electron chi connectivity index (χ0n) is 6.68. The highest BCUT2D eigenvalue weighted by Gasteiger charge is 1.90. The molecule has 0 N–H and O–H groups in total. The molecule has 0 spiro atoms. The first-order chi connectivity index (χ1) is 5.31. The van der Waals surface area contributed by atoms with Crippen LogP contribution in [0, 0.1) is 0 Å². The van der Waals surface area contributed by atoms with E-state index in [1.54, 1.807) is 6.92 Å². The number of hydrogen-bond donors (Lipinski definition) is 0. The zero-order chi connectivity index (χ0) is 8.53. The topological polar surface area (TPSA) is 26.3 Å². The number of alkyl halides is 1. The van der Waals surface area contributed by atoms with Crippen molar-refractivity contribution in [3.05, 3.63) is 12.2 Å². The van der Waals surface area contributed by atoms with E-state index in [4.69, 9.17) is 0 Å². The van der Waals surface area contributed by atoms with Gasteiger partial charge in [-0.15, -0.1) is 0 Å². The molecule has 0 atom stereocenters. The van der Waals surface area contributed by atoms with E-state index in [-0.39, 0.29) is 5.97 Å². The van der Waals surface area contributed by atoms with Crippen molar-refractivity contribution < 1.29 is 9.53 Å². The number of carbonyl (C=O) groups is 1. The maximum Gasteiger partial charge on any atom is 0.330 e. The number of ether oxygens (including phenoxy) is 1. The predicted molar refractivity (Wildman–Crippen MR) is 48.8 cm³/mol. The van der Waals surface area contributed by atoms with Crippen molar-refractivity contribution in [2.75, 3.05) is 11.9 Å². The van der Waals surface area contributed by atoms with Crippen molar-refractivity contribution in [3.8, 4) is 0 Å². The number of allylic oxidation sites excluding steroid dienone is 1. The molecule has 2 nitrogen and oxygen atoms in total. The molecule has 0 aromatic heterocycles. The van der Waals surface area contributed by atoms with Crippen LogP contribution in [-0.2, 0) is 9.53 Å². The first-order valence-corrected chi connectivity index (χ1v) is 4.82. The number of carbonyl (C=O) groups excluding carboxylic acids is 1. The number of esters is 1. The second kappa shape index (κ2) is 7.79. The summed E-state index contributed by atoms with van der Waals surface area (Å²) in [5.74, 6) is -0.248. The molecule has 0 unspecified atom stereocenters. The van der Waals surface area contributed by atoms with Gasteiger partial charge in [-0.2, -0.15) is 0 Å². The Bertz CT molecular complexity index is 132. The van der Waals surface area contributed by atoms with Gasteiger partial charge in [0.05, 0.1) is 6.61 Å². The second-order valence-corrected chi connectivity index (χ2v) is 2.78. The van der Waals surface area contributed by atoms with E-state index in [9.17, 15) is 4.79 Å². The SMILES string of the molecule is CCOC(=O)/C=C/CCCBr. The molecule has 0 aromatic rings. The molecule has 0 aliphatic rings. The molecule has 0 rings (SSSR count). The van der Waals surface area contributed by atoms with Crippen LogP contribution in [0.1, 0.15) is 19.8 Å². The lowest BCUT2D eigenvalue weighted by Gasteiger charge is -1.93. The summed E-state index contributed by atoms with van der Waals surface area (Å²) in [6.45, 7) is 2.24. The van der Waals surface area contributed by atoms with Crippen LogP contribution < -0.4 is 0 Å². The molecule has 0 saturated carbocycles. The maximum atomic E-state index is 10.7. The van der Waals surface area contributed by atoms with Crippen LogP contribution in [0.15, 0.2) is 12.2 Å². The van der Waals surface area contributed by atoms with Crippen molar-refractivity contribution in [1.82, 2.24) is 0 Å². The van der Waals surface area contributed by atoms with Crippen molar-refractivity contribution in [2.45, 2.75) is 19.8 Å². The average molecular weight is 221 g/mol. The Morgan fingerprint density at radius 3 is 2.91 bits per heavy atom. The summed E-state index contributed by atoms with van der Waals surface area (Å²) in [5, 5.41) is 0.972. The van der Waals surface area contributed by atoms with Gasteiger partial charge in [-0.3, -0.25) is 0 Å². The van der Waals surface area contributed by atoms with Crippen LogP contribution in [0.3, 0.4) is 0 Å².